The monoisotopic (exact) mass is 496 g/mol. The van der Waals surface area contributed by atoms with E-state index in [4.69, 9.17) is 32.5 Å². The van der Waals surface area contributed by atoms with Crippen LogP contribution in [0.4, 0.5) is 4.79 Å². The highest BCUT2D eigenvalue weighted by molar-refractivity contribution is 6.39. The average molecular weight is 497 g/mol. The van der Waals surface area contributed by atoms with Crippen LogP contribution in [0.3, 0.4) is 0 Å². The fraction of sp³-hybridized carbons (Fsp3) is 0.522. The molecule has 0 unspecified atom stereocenters. The van der Waals surface area contributed by atoms with Crippen LogP contribution in [0.1, 0.15) is 43.3 Å². The number of hydrogen-bond acceptors (Lipinski definition) is 6. The Morgan fingerprint density at radius 3 is 2.39 bits per heavy atom. The first-order valence-electron chi connectivity index (χ1n) is 11.0. The highest BCUT2D eigenvalue weighted by Crippen LogP contribution is 2.36. The standard InChI is InChI=1S/C23H30Cl2N4O4/c1-15-18(20(27-33-15)19-16(24)7-5-8-17(19)25)21(30)26-9-6-10-28-11-13-29(14-12-28)22(31)32-23(2,3)4/h5,7-8H,6,9-14H2,1-4H3,(H,26,30). The van der Waals surface area contributed by atoms with Gasteiger partial charge in [-0.2, -0.15) is 0 Å². The molecule has 1 aliphatic rings. The normalized spacial score (nSPS) is 14.9. The number of rotatable bonds is 6. The maximum absolute atomic E-state index is 12.9. The number of carbonyl (C=O) groups is 2. The third-order valence-electron chi connectivity index (χ3n) is 5.25. The Hall–Kier alpha value is -2.29. The number of benzene rings is 1. The Balaban J connectivity index is 1.48. The highest BCUT2D eigenvalue weighted by Gasteiger charge is 2.26. The molecule has 0 aliphatic carbocycles. The van der Waals surface area contributed by atoms with Crippen molar-refractivity contribution >= 4 is 35.2 Å². The van der Waals surface area contributed by atoms with Gasteiger partial charge in [-0.05, 0) is 52.8 Å². The summed E-state index contributed by atoms with van der Waals surface area (Å²) in [6.07, 6.45) is 0.498. The van der Waals surface area contributed by atoms with Crippen LogP contribution >= 0.6 is 23.2 Å². The molecule has 3 rings (SSSR count). The number of ether oxygens (including phenoxy) is 1. The van der Waals surface area contributed by atoms with E-state index in [1.165, 1.54) is 0 Å². The zero-order valence-corrected chi connectivity index (χ0v) is 20.9. The lowest BCUT2D eigenvalue weighted by atomic mass is 10.1. The second kappa shape index (κ2) is 10.8. The zero-order valence-electron chi connectivity index (χ0n) is 19.4. The number of aromatic nitrogens is 1. The van der Waals surface area contributed by atoms with Crippen LogP contribution in [-0.4, -0.2) is 71.8 Å². The first kappa shape index (κ1) is 25.3. The van der Waals surface area contributed by atoms with Crippen molar-refractivity contribution in [2.45, 2.75) is 39.7 Å². The molecule has 1 aromatic heterocycles. The fourth-order valence-electron chi connectivity index (χ4n) is 3.61. The van der Waals surface area contributed by atoms with Crippen molar-refractivity contribution in [3.05, 3.63) is 39.6 Å². The van der Waals surface area contributed by atoms with Gasteiger partial charge in [-0.3, -0.25) is 9.69 Å². The summed E-state index contributed by atoms with van der Waals surface area (Å²) in [5.74, 6) is 0.117. The van der Waals surface area contributed by atoms with Gasteiger partial charge < -0.3 is 19.5 Å². The van der Waals surface area contributed by atoms with Gasteiger partial charge in [0, 0.05) is 38.3 Å². The van der Waals surface area contributed by atoms with Crippen LogP contribution in [0.5, 0.6) is 0 Å². The molecule has 2 aromatic rings. The van der Waals surface area contributed by atoms with E-state index in [0.29, 0.717) is 52.3 Å². The van der Waals surface area contributed by atoms with E-state index in [2.05, 4.69) is 15.4 Å². The molecule has 1 N–H and O–H groups in total. The van der Waals surface area contributed by atoms with Gasteiger partial charge >= 0.3 is 6.09 Å². The molecule has 0 bridgehead atoms. The third-order valence-corrected chi connectivity index (χ3v) is 5.88. The van der Waals surface area contributed by atoms with Crippen molar-refractivity contribution < 1.29 is 18.8 Å². The number of piperazine rings is 1. The van der Waals surface area contributed by atoms with E-state index in [1.807, 2.05) is 20.8 Å². The maximum atomic E-state index is 12.9. The average Bonchev–Trinajstić information content (AvgIpc) is 3.11. The van der Waals surface area contributed by atoms with Crippen molar-refractivity contribution in [2.24, 2.45) is 0 Å². The van der Waals surface area contributed by atoms with Crippen molar-refractivity contribution in [1.29, 1.82) is 0 Å². The van der Waals surface area contributed by atoms with Crippen LogP contribution in [-0.2, 0) is 4.74 Å². The molecule has 1 saturated heterocycles. The van der Waals surface area contributed by atoms with Gasteiger partial charge in [-0.1, -0.05) is 34.4 Å². The molecule has 1 aliphatic heterocycles. The Morgan fingerprint density at radius 1 is 1.15 bits per heavy atom. The van der Waals surface area contributed by atoms with Crippen LogP contribution in [0.25, 0.3) is 11.3 Å². The molecule has 2 amide bonds. The number of carbonyl (C=O) groups excluding carboxylic acids is 2. The van der Waals surface area contributed by atoms with E-state index >= 15 is 0 Å². The topological polar surface area (TPSA) is 87.9 Å². The van der Waals surface area contributed by atoms with Gasteiger partial charge in [0.15, 0.2) is 0 Å². The van der Waals surface area contributed by atoms with E-state index in [9.17, 15) is 9.59 Å². The number of aryl methyl sites for hydroxylation is 1. The largest absolute Gasteiger partial charge is 0.444 e. The van der Waals surface area contributed by atoms with Crippen molar-refractivity contribution in [3.63, 3.8) is 0 Å². The minimum Gasteiger partial charge on any atom is -0.444 e. The van der Waals surface area contributed by atoms with Crippen LogP contribution in [0.2, 0.25) is 10.0 Å². The van der Waals surface area contributed by atoms with E-state index in [-0.39, 0.29) is 12.0 Å². The number of amides is 2. The Bertz CT molecular complexity index is 975. The molecule has 1 aromatic carbocycles. The van der Waals surface area contributed by atoms with Gasteiger partial charge in [0.1, 0.15) is 22.6 Å². The number of halogens is 2. The molecular formula is C23H30Cl2N4O4. The predicted octanol–water partition coefficient (Wildman–Crippen LogP) is 4.63. The number of nitrogens with zero attached hydrogens (tertiary/aromatic N) is 3. The molecule has 10 heteroatoms. The Morgan fingerprint density at radius 2 is 1.79 bits per heavy atom. The molecule has 0 saturated carbocycles. The molecule has 0 spiro atoms. The maximum Gasteiger partial charge on any atom is 0.410 e. The molecule has 180 valence electrons. The van der Waals surface area contributed by atoms with Gasteiger partial charge in [0.2, 0.25) is 0 Å². The second-order valence-corrected chi connectivity index (χ2v) is 9.79. The van der Waals surface area contributed by atoms with Gasteiger partial charge in [-0.25, -0.2) is 4.79 Å². The third kappa shape index (κ3) is 6.62. The molecule has 1 fully saturated rings. The van der Waals surface area contributed by atoms with Crippen molar-refractivity contribution in [1.82, 2.24) is 20.3 Å². The molecular weight excluding hydrogens is 467 g/mol. The highest BCUT2D eigenvalue weighted by atomic mass is 35.5. The summed E-state index contributed by atoms with van der Waals surface area (Å²) in [4.78, 5) is 29.0. The van der Waals surface area contributed by atoms with Crippen LogP contribution in [0.15, 0.2) is 22.7 Å². The van der Waals surface area contributed by atoms with E-state index < -0.39 is 5.60 Å². The zero-order chi connectivity index (χ0) is 24.2. The summed E-state index contributed by atoms with van der Waals surface area (Å²) in [5.41, 5.74) is 0.646. The van der Waals surface area contributed by atoms with E-state index in [0.717, 1.165) is 26.1 Å². The quantitative estimate of drug-likeness (QED) is 0.586. The molecule has 33 heavy (non-hydrogen) atoms. The molecule has 0 radical (unpaired) electrons. The van der Waals surface area contributed by atoms with E-state index in [1.54, 1.807) is 30.0 Å². The predicted molar refractivity (Wildman–Crippen MR) is 128 cm³/mol. The summed E-state index contributed by atoms with van der Waals surface area (Å²) >= 11 is 12.6. The number of hydrogen-bond donors (Lipinski definition) is 1. The lowest BCUT2D eigenvalue weighted by molar-refractivity contribution is 0.0144. The Labute approximate surface area is 204 Å². The molecule has 0 atom stereocenters. The van der Waals surface area contributed by atoms with Gasteiger partial charge in [0.25, 0.3) is 5.91 Å². The lowest BCUT2D eigenvalue weighted by Crippen LogP contribution is -2.50. The van der Waals surface area contributed by atoms with Crippen LogP contribution < -0.4 is 5.32 Å². The minimum atomic E-state index is -0.494. The summed E-state index contributed by atoms with van der Waals surface area (Å²) in [7, 11) is 0. The van der Waals surface area contributed by atoms with Crippen molar-refractivity contribution in [3.8, 4) is 11.3 Å². The first-order chi connectivity index (χ1) is 15.6. The fourth-order valence-corrected chi connectivity index (χ4v) is 4.18. The van der Waals surface area contributed by atoms with Gasteiger partial charge in [-0.15, -0.1) is 0 Å². The number of nitrogens with one attached hydrogen (secondary N) is 1. The Kier molecular flexibility index (Phi) is 8.26. The summed E-state index contributed by atoms with van der Waals surface area (Å²) < 4.78 is 10.7. The summed E-state index contributed by atoms with van der Waals surface area (Å²) in [6, 6.07) is 5.11. The SMILES string of the molecule is Cc1onc(-c2c(Cl)cccc2Cl)c1C(=O)NCCCN1CCN(C(=O)OC(C)(C)C)CC1. The van der Waals surface area contributed by atoms with Crippen LogP contribution in [0, 0.1) is 6.92 Å². The lowest BCUT2D eigenvalue weighted by Gasteiger charge is -2.35. The molecule has 8 nitrogen and oxygen atoms in total. The molecule has 2 heterocycles. The van der Waals surface area contributed by atoms with Crippen molar-refractivity contribution in [2.75, 3.05) is 39.3 Å². The van der Waals surface area contributed by atoms with Gasteiger partial charge in [0.05, 0.1) is 10.0 Å². The smallest absolute Gasteiger partial charge is 0.410 e. The minimum absolute atomic E-state index is 0.270. The second-order valence-electron chi connectivity index (χ2n) is 8.98. The first-order valence-corrected chi connectivity index (χ1v) is 11.7. The summed E-state index contributed by atoms with van der Waals surface area (Å²) in [6.45, 7) is 11.4. The summed E-state index contributed by atoms with van der Waals surface area (Å²) in [5, 5.41) is 7.75.